The first kappa shape index (κ1) is 26.7. The maximum Gasteiger partial charge on any atom is 0.416 e. The van der Waals surface area contributed by atoms with E-state index in [0.717, 1.165) is 43.3 Å². The van der Waals surface area contributed by atoms with Crippen LogP contribution in [0.25, 0.3) is 5.52 Å². The van der Waals surface area contributed by atoms with Crippen molar-refractivity contribution in [1.29, 1.82) is 0 Å². The number of benzene rings is 2. The van der Waals surface area contributed by atoms with Crippen molar-refractivity contribution in [2.45, 2.75) is 26.1 Å². The first-order chi connectivity index (χ1) is 18.7. The minimum Gasteiger partial charge on any atom is -0.304 e. The molecule has 0 bridgehead atoms. The number of imidazole rings is 1. The molecule has 4 aromatic rings. The molecule has 1 aliphatic rings. The van der Waals surface area contributed by atoms with E-state index in [4.69, 9.17) is 0 Å². The molecule has 0 N–H and O–H groups in total. The summed E-state index contributed by atoms with van der Waals surface area (Å²) in [6.45, 7) is 5.25. The number of nitrogens with zero attached hydrogens (tertiary/aromatic N) is 4. The van der Waals surface area contributed by atoms with Crippen LogP contribution in [-0.2, 0) is 19.1 Å². The Bertz CT molecular complexity index is 1570. The number of hydrogen-bond acceptors (Lipinski definition) is 4. The fourth-order valence-electron chi connectivity index (χ4n) is 4.76. The van der Waals surface area contributed by atoms with Crippen molar-refractivity contribution >= 4 is 11.3 Å². The highest BCUT2D eigenvalue weighted by atomic mass is 19.4. The minimum absolute atomic E-state index is 0.126. The quantitative estimate of drug-likeness (QED) is 0.262. The third-order valence-electron chi connectivity index (χ3n) is 7.14. The lowest BCUT2D eigenvalue weighted by Crippen LogP contribution is -2.44. The molecular weight excluding hydrogens is 501 g/mol. The summed E-state index contributed by atoms with van der Waals surface area (Å²) < 4.78 is 43.8. The van der Waals surface area contributed by atoms with Crippen molar-refractivity contribution in [3.05, 3.63) is 106 Å². The number of carbonyl (C=O) groups excluding carboxylic acids is 1. The van der Waals surface area contributed by atoms with Gasteiger partial charge < -0.3 is 4.90 Å². The van der Waals surface area contributed by atoms with Crippen molar-refractivity contribution in [2.24, 2.45) is 0 Å². The third kappa shape index (κ3) is 6.22. The molecule has 0 radical (unpaired) electrons. The molecular formula is C31H29F3N4O. The van der Waals surface area contributed by atoms with Crippen LogP contribution < -0.4 is 0 Å². The highest BCUT2D eigenvalue weighted by molar-refractivity contribution is 5.98. The Labute approximate surface area is 225 Å². The zero-order valence-corrected chi connectivity index (χ0v) is 21.9. The van der Waals surface area contributed by atoms with E-state index in [2.05, 4.69) is 21.7 Å². The molecule has 5 rings (SSSR count). The fourth-order valence-corrected chi connectivity index (χ4v) is 4.76. The number of halogens is 3. The highest BCUT2D eigenvalue weighted by Crippen LogP contribution is 2.34. The van der Waals surface area contributed by atoms with Gasteiger partial charge in [0.1, 0.15) is 0 Å². The lowest BCUT2D eigenvalue weighted by Gasteiger charge is -2.33. The predicted octanol–water partition coefficient (Wildman–Crippen LogP) is 5.23. The van der Waals surface area contributed by atoms with Gasteiger partial charge in [-0.25, -0.2) is 4.98 Å². The smallest absolute Gasteiger partial charge is 0.304 e. The highest BCUT2D eigenvalue weighted by Gasteiger charge is 2.34. The number of Topliss-reactive ketones (excluding diaryl/α,β-unsaturated/α-hetero) is 1. The number of carbonyl (C=O) groups is 1. The Morgan fingerprint density at radius 1 is 1.00 bits per heavy atom. The number of likely N-dealkylation sites (N-methyl/N-ethyl adjacent to an activating group) is 1. The average molecular weight is 531 g/mol. The van der Waals surface area contributed by atoms with Crippen LogP contribution in [0.4, 0.5) is 13.2 Å². The maximum atomic E-state index is 14.0. The lowest BCUT2D eigenvalue weighted by molar-refractivity contribution is -0.138. The van der Waals surface area contributed by atoms with Gasteiger partial charge in [0, 0.05) is 56.5 Å². The number of fused-ring (bicyclic) bond motifs is 1. The number of hydrogen-bond donors (Lipinski definition) is 0. The summed E-state index contributed by atoms with van der Waals surface area (Å²) in [5, 5.41) is 0. The van der Waals surface area contributed by atoms with Gasteiger partial charge in [0.2, 0.25) is 0 Å². The third-order valence-corrected chi connectivity index (χ3v) is 7.14. The summed E-state index contributed by atoms with van der Waals surface area (Å²) in [4.78, 5) is 21.7. The molecule has 1 aliphatic heterocycles. The van der Waals surface area contributed by atoms with Gasteiger partial charge in [-0.1, -0.05) is 36.3 Å². The van der Waals surface area contributed by atoms with Crippen LogP contribution in [0.2, 0.25) is 0 Å². The summed E-state index contributed by atoms with van der Waals surface area (Å²) in [7, 11) is 2.01. The van der Waals surface area contributed by atoms with Crippen molar-refractivity contribution in [3.8, 4) is 11.8 Å². The summed E-state index contributed by atoms with van der Waals surface area (Å²) in [5.74, 6) is 6.49. The zero-order chi connectivity index (χ0) is 27.6. The molecule has 5 nitrogen and oxygen atoms in total. The van der Waals surface area contributed by atoms with Crippen LogP contribution in [0.15, 0.2) is 67.0 Å². The molecule has 0 unspecified atom stereocenters. The van der Waals surface area contributed by atoms with Gasteiger partial charge >= 0.3 is 6.18 Å². The van der Waals surface area contributed by atoms with Crippen molar-refractivity contribution < 1.29 is 18.0 Å². The second kappa shape index (κ2) is 11.0. The van der Waals surface area contributed by atoms with E-state index >= 15 is 0 Å². The molecule has 2 aromatic carbocycles. The van der Waals surface area contributed by atoms with Crippen molar-refractivity contribution in [1.82, 2.24) is 19.2 Å². The van der Waals surface area contributed by atoms with E-state index in [1.807, 2.05) is 47.7 Å². The molecule has 8 heteroatoms. The number of ketones is 1. The predicted molar refractivity (Wildman–Crippen MR) is 145 cm³/mol. The summed E-state index contributed by atoms with van der Waals surface area (Å²) in [5.41, 5.74) is 2.81. The number of pyridine rings is 1. The average Bonchev–Trinajstić information content (AvgIpc) is 3.33. The summed E-state index contributed by atoms with van der Waals surface area (Å²) >= 11 is 0. The van der Waals surface area contributed by atoms with Crippen LogP contribution in [0.1, 0.15) is 44.0 Å². The topological polar surface area (TPSA) is 40.9 Å². The normalized spacial score (nSPS) is 14.8. The van der Waals surface area contributed by atoms with E-state index in [1.165, 1.54) is 6.07 Å². The lowest BCUT2D eigenvalue weighted by atomic mass is 9.96. The number of rotatable bonds is 5. The van der Waals surface area contributed by atoms with Gasteiger partial charge in [-0.05, 0) is 60.8 Å². The summed E-state index contributed by atoms with van der Waals surface area (Å²) in [6.07, 6.45) is -1.00. The van der Waals surface area contributed by atoms with Gasteiger partial charge in [0.25, 0.3) is 0 Å². The molecule has 200 valence electrons. The van der Waals surface area contributed by atoms with Crippen molar-refractivity contribution in [2.75, 3.05) is 33.2 Å². The second-order valence-corrected chi connectivity index (χ2v) is 10.0. The molecule has 0 amide bonds. The van der Waals surface area contributed by atoms with Gasteiger partial charge in [-0.2, -0.15) is 13.2 Å². The van der Waals surface area contributed by atoms with Crippen LogP contribution in [0.5, 0.6) is 0 Å². The van der Waals surface area contributed by atoms with Gasteiger partial charge in [0.05, 0.1) is 17.3 Å². The molecule has 39 heavy (non-hydrogen) atoms. The van der Waals surface area contributed by atoms with Gasteiger partial charge in [-0.3, -0.25) is 14.1 Å². The molecule has 0 atom stereocenters. The Morgan fingerprint density at radius 3 is 2.56 bits per heavy atom. The molecule has 0 aliphatic carbocycles. The molecule has 1 saturated heterocycles. The van der Waals surface area contributed by atoms with Crippen molar-refractivity contribution in [3.63, 3.8) is 0 Å². The molecule has 0 saturated carbocycles. The van der Waals surface area contributed by atoms with E-state index in [1.54, 1.807) is 30.5 Å². The molecule has 2 aromatic heterocycles. The van der Waals surface area contributed by atoms with Crippen LogP contribution in [0.3, 0.4) is 0 Å². The zero-order valence-electron chi connectivity index (χ0n) is 21.9. The Hall–Kier alpha value is -3.93. The maximum absolute atomic E-state index is 14.0. The number of piperazine rings is 1. The fraction of sp³-hybridized carbons (Fsp3) is 0.290. The Morgan fingerprint density at radius 2 is 1.79 bits per heavy atom. The van der Waals surface area contributed by atoms with Crippen LogP contribution >= 0.6 is 0 Å². The first-order valence-corrected chi connectivity index (χ1v) is 12.9. The number of aromatic nitrogens is 2. The number of alkyl halides is 3. The minimum atomic E-state index is -4.50. The Balaban J connectivity index is 1.35. The number of aryl methyl sites for hydroxylation is 1. The van der Waals surface area contributed by atoms with E-state index < -0.39 is 11.7 Å². The van der Waals surface area contributed by atoms with E-state index in [0.29, 0.717) is 22.5 Å². The van der Waals surface area contributed by atoms with Gasteiger partial charge in [0.15, 0.2) is 11.6 Å². The van der Waals surface area contributed by atoms with Gasteiger partial charge in [-0.15, -0.1) is 0 Å². The first-order valence-electron chi connectivity index (χ1n) is 12.9. The molecule has 0 spiro atoms. The summed E-state index contributed by atoms with van der Waals surface area (Å²) in [6, 6.07) is 15.2. The SMILES string of the molecule is Cc1ccc(C(=O)Cc2ccc(CN3CCN(C)CC3)c(C(F)(F)F)c2)cc1C#Cc1ncc2ccccn12. The van der Waals surface area contributed by atoms with Crippen LogP contribution in [0, 0.1) is 18.8 Å². The monoisotopic (exact) mass is 530 g/mol. The largest absolute Gasteiger partial charge is 0.416 e. The molecule has 1 fully saturated rings. The second-order valence-electron chi connectivity index (χ2n) is 10.0. The molecule has 3 heterocycles. The standard InChI is InChI=1S/C31H29F3N4O/c1-22-6-8-25(19-24(22)10-11-30-35-20-27-5-3-4-12-38(27)30)29(39)18-23-7-9-26(28(17-23)31(32,33)34)21-37-15-13-36(2)14-16-37/h3-9,12,17,19-20H,13-16,18,21H2,1-2H3. The van der Waals surface area contributed by atoms with Crippen LogP contribution in [-0.4, -0.2) is 58.2 Å². The Kier molecular flexibility index (Phi) is 7.56. The van der Waals surface area contributed by atoms with E-state index in [-0.39, 0.29) is 24.3 Å². The van der Waals surface area contributed by atoms with E-state index in [9.17, 15) is 18.0 Å².